The maximum atomic E-state index is 14.0. The van der Waals surface area contributed by atoms with Crippen molar-refractivity contribution in [2.24, 2.45) is 11.8 Å². The van der Waals surface area contributed by atoms with Crippen molar-refractivity contribution in [3.05, 3.63) is 24.3 Å². The summed E-state index contributed by atoms with van der Waals surface area (Å²) in [5.41, 5.74) is 0. The van der Waals surface area contributed by atoms with Crippen LogP contribution in [0.4, 0.5) is 0 Å². The van der Waals surface area contributed by atoms with Crippen LogP contribution in [-0.4, -0.2) is 80.6 Å². The molecule has 1 spiro atoms. The number of thioether (sulfide) groups is 1. The van der Waals surface area contributed by atoms with E-state index in [0.717, 1.165) is 19.3 Å². The Balaban J connectivity index is 1.83. The molecular formula is C25H36N2O5S. The summed E-state index contributed by atoms with van der Waals surface area (Å²) in [7, 11) is 0. The van der Waals surface area contributed by atoms with Gasteiger partial charge in [-0.3, -0.25) is 14.4 Å². The smallest absolute Gasteiger partial charge is 0.311 e. The number of fused-ring (bicyclic) bond motifs is 2. The summed E-state index contributed by atoms with van der Waals surface area (Å²) in [6.45, 7) is 7.23. The minimum Gasteiger partial charge on any atom is -0.465 e. The van der Waals surface area contributed by atoms with Crippen LogP contribution in [0.2, 0.25) is 0 Å². The van der Waals surface area contributed by atoms with E-state index in [4.69, 9.17) is 4.74 Å². The van der Waals surface area contributed by atoms with Crippen molar-refractivity contribution in [2.75, 3.05) is 26.3 Å². The van der Waals surface area contributed by atoms with E-state index in [-0.39, 0.29) is 24.4 Å². The lowest BCUT2D eigenvalue weighted by atomic mass is 9.74. The molecule has 1 unspecified atom stereocenters. The zero-order valence-electron chi connectivity index (χ0n) is 19.9. The number of unbranched alkanes of at least 4 members (excludes halogenated alkanes) is 2. The molecule has 8 heteroatoms. The van der Waals surface area contributed by atoms with Crippen molar-refractivity contribution in [1.82, 2.24) is 9.80 Å². The summed E-state index contributed by atoms with van der Waals surface area (Å²) in [5, 5.41) is 10.1. The molecule has 1 N–H and O–H groups in total. The quantitative estimate of drug-likeness (QED) is 0.345. The fraction of sp³-hybridized carbons (Fsp3) is 0.720. The molecule has 4 aliphatic rings. The number of rotatable bonds is 7. The van der Waals surface area contributed by atoms with Gasteiger partial charge >= 0.3 is 5.97 Å². The Morgan fingerprint density at radius 1 is 1.15 bits per heavy atom. The van der Waals surface area contributed by atoms with E-state index in [0.29, 0.717) is 32.5 Å². The third-order valence-corrected chi connectivity index (χ3v) is 9.44. The van der Waals surface area contributed by atoms with Gasteiger partial charge in [0.15, 0.2) is 0 Å². The highest BCUT2D eigenvalue weighted by Gasteiger charge is 2.74. The van der Waals surface area contributed by atoms with Crippen LogP contribution in [0.25, 0.3) is 0 Å². The van der Waals surface area contributed by atoms with Crippen molar-refractivity contribution in [2.45, 2.75) is 74.5 Å². The van der Waals surface area contributed by atoms with Crippen molar-refractivity contribution in [1.29, 1.82) is 0 Å². The van der Waals surface area contributed by atoms with Crippen LogP contribution < -0.4 is 0 Å². The van der Waals surface area contributed by atoms with Crippen LogP contribution in [0.1, 0.15) is 52.9 Å². The molecule has 4 heterocycles. The Bertz CT molecular complexity index is 856. The number of hydrogen-bond donors (Lipinski definition) is 1. The van der Waals surface area contributed by atoms with E-state index in [9.17, 15) is 19.5 Å². The fourth-order valence-electron chi connectivity index (χ4n) is 6.03. The molecule has 0 aromatic carbocycles. The van der Waals surface area contributed by atoms with Crippen molar-refractivity contribution >= 4 is 29.5 Å². The van der Waals surface area contributed by atoms with E-state index in [2.05, 4.69) is 6.92 Å². The SMILES string of the molecule is CCCCCN1CC=C[C@]23S[C@@]4(C)C=CCCOC(=O)[C@H]4[C@H]2C(=O)N([C@@H](CC)CO)C3C1=O. The second kappa shape index (κ2) is 9.45. The normalized spacial score (nSPS) is 36.6. The van der Waals surface area contributed by atoms with Crippen molar-refractivity contribution in [3.63, 3.8) is 0 Å². The minimum absolute atomic E-state index is 0.0819. The molecule has 0 bridgehead atoms. The minimum atomic E-state index is -0.872. The van der Waals surface area contributed by atoms with Crippen LogP contribution in [0.3, 0.4) is 0 Å². The van der Waals surface area contributed by atoms with Gasteiger partial charge in [0.1, 0.15) is 6.04 Å². The van der Waals surface area contributed by atoms with Gasteiger partial charge in [0, 0.05) is 17.8 Å². The second-order valence-corrected chi connectivity index (χ2v) is 11.5. The van der Waals surface area contributed by atoms with Gasteiger partial charge in [-0.25, -0.2) is 0 Å². The average molecular weight is 477 g/mol. The number of ether oxygens (including phenoxy) is 1. The number of carbonyl (C=O) groups is 3. The molecule has 6 atom stereocenters. The van der Waals surface area contributed by atoms with Gasteiger partial charge < -0.3 is 19.6 Å². The first kappa shape index (κ1) is 24.3. The molecule has 2 saturated heterocycles. The number of cyclic esters (lactones) is 1. The number of aliphatic hydroxyl groups excluding tert-OH is 1. The summed E-state index contributed by atoms with van der Waals surface area (Å²) in [6.07, 6.45) is 12.2. The fourth-order valence-corrected chi connectivity index (χ4v) is 8.17. The maximum absolute atomic E-state index is 14.0. The first-order valence-corrected chi connectivity index (χ1v) is 13.1. The molecule has 2 fully saturated rings. The van der Waals surface area contributed by atoms with Gasteiger partial charge in [-0.1, -0.05) is 51.0 Å². The van der Waals surface area contributed by atoms with Gasteiger partial charge in [-0.15, -0.1) is 11.8 Å². The third kappa shape index (κ3) is 3.83. The summed E-state index contributed by atoms with van der Waals surface area (Å²) in [4.78, 5) is 44.8. The molecule has 0 radical (unpaired) electrons. The van der Waals surface area contributed by atoms with Gasteiger partial charge in [0.05, 0.1) is 35.8 Å². The molecule has 0 aromatic rings. The predicted octanol–water partition coefficient (Wildman–Crippen LogP) is 2.54. The van der Waals surface area contributed by atoms with Gasteiger partial charge in [0.2, 0.25) is 11.8 Å². The molecule has 0 aliphatic carbocycles. The zero-order chi connectivity index (χ0) is 23.8. The number of amides is 2. The van der Waals surface area contributed by atoms with Gasteiger partial charge in [-0.05, 0) is 26.2 Å². The number of aliphatic hydroxyl groups is 1. The molecular weight excluding hydrogens is 440 g/mol. The zero-order valence-corrected chi connectivity index (χ0v) is 20.7. The molecule has 7 nitrogen and oxygen atoms in total. The highest BCUT2D eigenvalue weighted by atomic mass is 32.2. The lowest BCUT2D eigenvalue weighted by Gasteiger charge is -2.39. The lowest BCUT2D eigenvalue weighted by molar-refractivity contribution is -0.154. The standard InChI is InChI=1S/C25H36N2O5S/c1-4-6-8-13-26-14-10-12-25-18(19-23(31)32-15-9-7-11-24(19,3)33-25)21(29)27(17(5-2)16-28)20(25)22(26)30/h7,10-12,17-20,28H,4-6,8-9,13-16H2,1-3H3/t17-,18-,19+,20?,24-,25-/m0/s1. The summed E-state index contributed by atoms with van der Waals surface area (Å²) < 4.78 is 4.03. The van der Waals surface area contributed by atoms with E-state index in [1.165, 1.54) is 0 Å². The number of carbonyl (C=O) groups excluding carboxylic acids is 3. The highest BCUT2D eigenvalue weighted by Crippen LogP contribution is 2.65. The molecule has 4 rings (SSSR count). The summed E-state index contributed by atoms with van der Waals surface area (Å²) >= 11 is 1.55. The summed E-state index contributed by atoms with van der Waals surface area (Å²) in [6, 6.07) is -1.21. The van der Waals surface area contributed by atoms with Crippen LogP contribution in [-0.2, 0) is 19.1 Å². The summed E-state index contributed by atoms with van der Waals surface area (Å²) in [5.74, 6) is -2.06. The predicted molar refractivity (Wildman–Crippen MR) is 127 cm³/mol. The van der Waals surface area contributed by atoms with Crippen LogP contribution in [0, 0.1) is 11.8 Å². The van der Waals surface area contributed by atoms with E-state index < -0.39 is 33.4 Å². The lowest BCUT2D eigenvalue weighted by Crippen LogP contribution is -2.56. The Morgan fingerprint density at radius 2 is 1.94 bits per heavy atom. The van der Waals surface area contributed by atoms with Crippen LogP contribution in [0.15, 0.2) is 24.3 Å². The van der Waals surface area contributed by atoms with E-state index in [1.807, 2.05) is 43.1 Å². The first-order chi connectivity index (χ1) is 15.8. The molecule has 4 aliphatic heterocycles. The van der Waals surface area contributed by atoms with Gasteiger partial charge in [-0.2, -0.15) is 0 Å². The van der Waals surface area contributed by atoms with Crippen LogP contribution in [0.5, 0.6) is 0 Å². The molecule has 2 amide bonds. The van der Waals surface area contributed by atoms with E-state index >= 15 is 0 Å². The van der Waals surface area contributed by atoms with Crippen molar-refractivity contribution < 1.29 is 24.2 Å². The number of likely N-dealkylation sites (tertiary alicyclic amines) is 1. The second-order valence-electron chi connectivity index (χ2n) is 9.74. The number of nitrogens with zero attached hydrogens (tertiary/aromatic N) is 2. The molecule has 0 aromatic heterocycles. The third-order valence-electron chi connectivity index (χ3n) is 7.65. The van der Waals surface area contributed by atoms with E-state index in [1.54, 1.807) is 16.7 Å². The Morgan fingerprint density at radius 3 is 2.64 bits per heavy atom. The molecule has 33 heavy (non-hydrogen) atoms. The highest BCUT2D eigenvalue weighted by molar-refractivity contribution is 8.02. The first-order valence-electron chi connectivity index (χ1n) is 12.3. The Kier molecular flexibility index (Phi) is 6.97. The van der Waals surface area contributed by atoms with Gasteiger partial charge in [0.25, 0.3) is 0 Å². The molecule has 182 valence electrons. The van der Waals surface area contributed by atoms with Crippen LogP contribution >= 0.6 is 11.8 Å². The monoisotopic (exact) mass is 476 g/mol. The Labute approximate surface area is 200 Å². The number of esters is 1. The Hall–Kier alpha value is -1.80. The maximum Gasteiger partial charge on any atom is 0.311 e. The number of hydrogen-bond acceptors (Lipinski definition) is 6. The largest absolute Gasteiger partial charge is 0.465 e. The molecule has 0 saturated carbocycles. The van der Waals surface area contributed by atoms with Crippen molar-refractivity contribution in [3.8, 4) is 0 Å². The topological polar surface area (TPSA) is 87.2 Å². The average Bonchev–Trinajstić information content (AvgIpc) is 3.11.